The van der Waals surface area contributed by atoms with Crippen molar-refractivity contribution in [2.24, 2.45) is 0 Å². The zero-order valence-electron chi connectivity index (χ0n) is 12.4. The molecular weight excluding hydrogens is 306 g/mol. The number of hydrogen-bond donors (Lipinski definition) is 4. The second-order valence-corrected chi connectivity index (χ2v) is 3.89. The van der Waals surface area contributed by atoms with Crippen LogP contribution in [0.5, 0.6) is 0 Å². The molecule has 11 heteroatoms. The first-order valence-electron chi connectivity index (χ1n) is 5.56. The summed E-state index contributed by atoms with van der Waals surface area (Å²) in [6, 6.07) is 0. The van der Waals surface area contributed by atoms with Crippen LogP contribution in [0, 0.1) is 0 Å². The fourth-order valence-corrected chi connectivity index (χ4v) is 1.48. The topological polar surface area (TPSA) is 139 Å². The van der Waals surface area contributed by atoms with Gasteiger partial charge in [0.25, 0.3) is 0 Å². The molecule has 0 aliphatic carbocycles. The largest absolute Gasteiger partial charge is 1.00 e. The fourth-order valence-electron chi connectivity index (χ4n) is 1.48. The Morgan fingerprint density at radius 3 is 1.33 bits per heavy atom. The summed E-state index contributed by atoms with van der Waals surface area (Å²) in [5.74, 6) is -3.39. The van der Waals surface area contributed by atoms with E-state index in [2.05, 4.69) is 0 Å². The third-order valence-corrected chi connectivity index (χ3v) is 2.23. The number of aliphatic carboxylic acids is 3. The molecule has 21 heavy (non-hydrogen) atoms. The second-order valence-electron chi connectivity index (χ2n) is 3.89. The summed E-state index contributed by atoms with van der Waals surface area (Å²) in [6.07, 6.45) is 0. The molecule has 9 nitrogen and oxygen atoms in total. The van der Waals surface area contributed by atoms with E-state index in [-0.39, 0.29) is 91.9 Å². The minimum Gasteiger partial charge on any atom is -0.480 e. The molecule has 0 bridgehead atoms. The van der Waals surface area contributed by atoms with Crippen molar-refractivity contribution in [2.45, 2.75) is 0 Å². The predicted octanol–water partition coefficient (Wildman–Crippen LogP) is -8.16. The first kappa shape index (κ1) is 26.2. The van der Waals surface area contributed by atoms with Crippen molar-refractivity contribution in [3.63, 3.8) is 0 Å². The Kier molecular flexibility index (Phi) is 19.0. The van der Waals surface area contributed by atoms with Gasteiger partial charge in [0, 0.05) is 19.6 Å². The van der Waals surface area contributed by atoms with Crippen LogP contribution in [0.3, 0.4) is 0 Å². The van der Waals surface area contributed by atoms with Gasteiger partial charge < -0.3 is 20.4 Å². The van der Waals surface area contributed by atoms with Crippen molar-refractivity contribution >= 4 is 17.9 Å². The maximum atomic E-state index is 10.6. The van der Waals surface area contributed by atoms with E-state index in [1.807, 2.05) is 0 Å². The third-order valence-electron chi connectivity index (χ3n) is 2.23. The summed E-state index contributed by atoms with van der Waals surface area (Å²) in [5.41, 5.74) is 0. The zero-order valence-corrected chi connectivity index (χ0v) is 16.4. The third kappa shape index (κ3) is 16.5. The van der Waals surface area contributed by atoms with Crippen LogP contribution < -0.4 is 59.1 Å². The normalized spacial score (nSPS) is 9.86. The maximum absolute atomic E-state index is 10.6. The molecule has 0 aromatic heterocycles. The van der Waals surface area contributed by atoms with E-state index in [0.717, 1.165) is 0 Å². The van der Waals surface area contributed by atoms with Crippen LogP contribution in [0.2, 0.25) is 0 Å². The molecule has 0 atom stereocenters. The second kappa shape index (κ2) is 15.2. The predicted molar refractivity (Wildman–Crippen MR) is 62.9 cm³/mol. The Morgan fingerprint density at radius 2 is 1.00 bits per heavy atom. The average molecular weight is 324 g/mol. The van der Waals surface area contributed by atoms with Gasteiger partial charge in [-0.3, -0.25) is 24.2 Å². The number of aliphatic hydroxyl groups excluding tert-OH is 1. The molecule has 0 unspecified atom stereocenters. The SMILES string of the molecule is O=C(O)CN(CCO)CCN(CC(=O)O)CC(=O)O.[Na+].[Na+]. The molecule has 0 fully saturated rings. The van der Waals surface area contributed by atoms with Crippen molar-refractivity contribution in [2.75, 3.05) is 45.9 Å². The smallest absolute Gasteiger partial charge is 0.480 e. The van der Waals surface area contributed by atoms with E-state index in [0.29, 0.717) is 0 Å². The van der Waals surface area contributed by atoms with Crippen LogP contribution in [-0.4, -0.2) is 94.0 Å². The summed E-state index contributed by atoms with van der Waals surface area (Å²) in [6.45, 7) is -1.03. The molecule has 0 aromatic carbocycles. The van der Waals surface area contributed by atoms with E-state index >= 15 is 0 Å². The number of carboxylic acid groups (broad SMARTS) is 3. The van der Waals surface area contributed by atoms with Gasteiger partial charge in [0.05, 0.1) is 26.2 Å². The molecule has 0 radical (unpaired) electrons. The molecule has 0 aliphatic rings. The van der Waals surface area contributed by atoms with E-state index in [1.165, 1.54) is 9.80 Å². The van der Waals surface area contributed by atoms with Gasteiger partial charge in [0.1, 0.15) is 0 Å². The summed E-state index contributed by atoms with van der Waals surface area (Å²) >= 11 is 0. The molecule has 0 aliphatic heterocycles. The van der Waals surface area contributed by atoms with Gasteiger partial charge in [0.2, 0.25) is 0 Å². The molecule has 0 heterocycles. The minimum atomic E-state index is -1.16. The first-order valence-corrected chi connectivity index (χ1v) is 5.56. The molecule has 4 N–H and O–H groups in total. The summed E-state index contributed by atoms with van der Waals surface area (Å²) in [5, 5.41) is 34.7. The molecule has 0 spiro atoms. The minimum absolute atomic E-state index is 0. The van der Waals surface area contributed by atoms with Crippen LogP contribution in [0.1, 0.15) is 0 Å². The van der Waals surface area contributed by atoms with Crippen LogP contribution in [0.4, 0.5) is 0 Å². The van der Waals surface area contributed by atoms with Gasteiger partial charge in [-0.1, -0.05) is 0 Å². The Morgan fingerprint density at radius 1 is 0.667 bits per heavy atom. The van der Waals surface area contributed by atoms with Gasteiger partial charge in [-0.25, -0.2) is 0 Å². The van der Waals surface area contributed by atoms with Crippen LogP contribution in [0.25, 0.3) is 0 Å². The maximum Gasteiger partial charge on any atom is 1.00 e. The van der Waals surface area contributed by atoms with Crippen LogP contribution in [0.15, 0.2) is 0 Å². The number of rotatable bonds is 11. The van der Waals surface area contributed by atoms with Crippen molar-refractivity contribution in [1.82, 2.24) is 9.80 Å². The van der Waals surface area contributed by atoms with Crippen molar-refractivity contribution in [3.05, 3.63) is 0 Å². The van der Waals surface area contributed by atoms with Crippen LogP contribution >= 0.6 is 0 Å². The van der Waals surface area contributed by atoms with Crippen molar-refractivity contribution < 1.29 is 93.9 Å². The summed E-state index contributed by atoms with van der Waals surface area (Å²) in [7, 11) is 0. The number of carboxylic acids is 3. The van der Waals surface area contributed by atoms with E-state index in [1.54, 1.807) is 0 Å². The summed E-state index contributed by atoms with van der Waals surface area (Å²) in [4.78, 5) is 34.3. The monoisotopic (exact) mass is 324 g/mol. The Hall–Kier alpha value is 0.290. The van der Waals surface area contributed by atoms with Crippen molar-refractivity contribution in [1.29, 1.82) is 0 Å². The molecule has 110 valence electrons. The van der Waals surface area contributed by atoms with E-state index < -0.39 is 31.0 Å². The molecular formula is C10H18N2Na2O7+2. The Balaban J connectivity index is -0.00000162. The first-order chi connectivity index (χ1) is 8.85. The van der Waals surface area contributed by atoms with E-state index in [4.69, 9.17) is 20.4 Å². The Labute approximate surface area is 166 Å². The molecule has 0 amide bonds. The molecule has 0 aromatic rings. The van der Waals surface area contributed by atoms with Gasteiger partial charge in [-0.2, -0.15) is 0 Å². The number of carbonyl (C=O) groups is 3. The van der Waals surface area contributed by atoms with E-state index in [9.17, 15) is 14.4 Å². The van der Waals surface area contributed by atoms with Gasteiger partial charge in [-0.15, -0.1) is 0 Å². The molecule has 0 rings (SSSR count). The van der Waals surface area contributed by atoms with Crippen LogP contribution in [-0.2, 0) is 14.4 Å². The number of hydrogen-bond acceptors (Lipinski definition) is 6. The average Bonchev–Trinajstić information content (AvgIpc) is 2.23. The number of aliphatic hydroxyl groups is 1. The standard InChI is InChI=1S/C10H18N2O7.2Na/c13-4-3-11(5-8(14)15)1-2-12(6-9(16)17)7-10(18)19;;/h13H,1-7H2,(H,14,15)(H,16,17)(H,18,19);;/q;2*+1. The van der Waals surface area contributed by atoms with Crippen molar-refractivity contribution in [3.8, 4) is 0 Å². The zero-order chi connectivity index (χ0) is 14.8. The van der Waals surface area contributed by atoms with Gasteiger partial charge >= 0.3 is 77.0 Å². The molecule has 0 saturated heterocycles. The van der Waals surface area contributed by atoms with Gasteiger partial charge in [-0.05, 0) is 0 Å². The quantitative estimate of drug-likeness (QED) is 0.273. The number of nitrogens with zero attached hydrogens (tertiary/aromatic N) is 2. The fraction of sp³-hybridized carbons (Fsp3) is 0.700. The molecule has 0 saturated carbocycles. The summed E-state index contributed by atoms with van der Waals surface area (Å²) < 4.78 is 0. The Bertz CT molecular complexity index is 315. The van der Waals surface area contributed by atoms with Gasteiger partial charge in [0.15, 0.2) is 0 Å².